The largest absolute Gasteiger partial charge is 0.508 e. The van der Waals surface area contributed by atoms with Crippen molar-refractivity contribution in [2.24, 2.45) is 5.92 Å². The molecule has 2 unspecified atom stereocenters. The van der Waals surface area contributed by atoms with Gasteiger partial charge < -0.3 is 10.2 Å². The van der Waals surface area contributed by atoms with Gasteiger partial charge >= 0.3 is 5.97 Å². The first-order chi connectivity index (χ1) is 8.37. The van der Waals surface area contributed by atoms with E-state index in [0.29, 0.717) is 18.4 Å². The van der Waals surface area contributed by atoms with E-state index < -0.39 is 27.1 Å². The van der Waals surface area contributed by atoms with Crippen molar-refractivity contribution >= 4 is 15.8 Å². The molecule has 2 aliphatic rings. The highest BCUT2D eigenvalue weighted by atomic mass is 32.2. The molecule has 1 aromatic rings. The van der Waals surface area contributed by atoms with Crippen LogP contribution in [0.5, 0.6) is 5.75 Å². The number of rotatable bonds is 1. The minimum atomic E-state index is -3.34. The number of carboxylic acids is 1. The summed E-state index contributed by atoms with van der Waals surface area (Å²) in [4.78, 5) is 11.3. The summed E-state index contributed by atoms with van der Waals surface area (Å²) in [6.45, 7) is 0. The molecule has 0 radical (unpaired) electrons. The maximum Gasteiger partial charge on any atom is 0.307 e. The van der Waals surface area contributed by atoms with Gasteiger partial charge in [-0.1, -0.05) is 0 Å². The highest BCUT2D eigenvalue weighted by molar-refractivity contribution is 7.91. The summed E-state index contributed by atoms with van der Waals surface area (Å²) in [6.07, 6.45) is 0.775. The van der Waals surface area contributed by atoms with Crippen LogP contribution in [0.4, 0.5) is 0 Å². The lowest BCUT2D eigenvalue weighted by Crippen LogP contribution is -2.27. The summed E-state index contributed by atoms with van der Waals surface area (Å²) in [5, 5.41) is 18.6. The van der Waals surface area contributed by atoms with Crippen molar-refractivity contribution in [2.75, 3.05) is 5.75 Å². The molecule has 1 saturated carbocycles. The third kappa shape index (κ3) is 1.38. The molecule has 5 nitrogen and oxygen atoms in total. The first-order valence-electron chi connectivity index (χ1n) is 5.66. The lowest BCUT2D eigenvalue weighted by molar-refractivity contribution is -0.139. The zero-order valence-electron chi connectivity index (χ0n) is 9.46. The van der Waals surface area contributed by atoms with Crippen molar-refractivity contribution in [1.82, 2.24) is 0 Å². The van der Waals surface area contributed by atoms with Crippen LogP contribution in [0.25, 0.3) is 0 Å². The number of hydrogen-bond donors (Lipinski definition) is 2. The Morgan fingerprint density at radius 3 is 2.72 bits per heavy atom. The quantitative estimate of drug-likeness (QED) is 0.790. The third-order valence-corrected chi connectivity index (χ3v) is 5.79. The fraction of sp³-hybridized carbons (Fsp3) is 0.417. The molecule has 1 aliphatic carbocycles. The summed E-state index contributed by atoms with van der Waals surface area (Å²) in [5.74, 6) is -1.48. The van der Waals surface area contributed by atoms with Gasteiger partial charge in [-0.2, -0.15) is 0 Å². The maximum atomic E-state index is 11.9. The predicted molar refractivity (Wildman–Crippen MR) is 62.2 cm³/mol. The average molecular weight is 268 g/mol. The molecule has 1 aliphatic heterocycles. The minimum Gasteiger partial charge on any atom is -0.508 e. The Balaban J connectivity index is 2.20. The van der Waals surface area contributed by atoms with E-state index >= 15 is 0 Å². The summed E-state index contributed by atoms with van der Waals surface area (Å²) >= 11 is 0. The van der Waals surface area contributed by atoms with Gasteiger partial charge in [-0.15, -0.1) is 0 Å². The number of fused-ring (bicyclic) bond motifs is 2. The van der Waals surface area contributed by atoms with Gasteiger partial charge in [0, 0.05) is 5.41 Å². The number of aromatic hydroxyl groups is 1. The average Bonchev–Trinajstić information content (AvgIpc) is 3.01. The number of carboxylic acid groups (broad SMARTS) is 1. The van der Waals surface area contributed by atoms with Crippen LogP contribution < -0.4 is 0 Å². The Bertz CT molecular complexity index is 648. The molecule has 1 aromatic carbocycles. The number of benzene rings is 1. The molecule has 2 atom stereocenters. The van der Waals surface area contributed by atoms with Crippen molar-refractivity contribution in [3.8, 4) is 5.75 Å². The van der Waals surface area contributed by atoms with Crippen molar-refractivity contribution in [3.05, 3.63) is 23.8 Å². The lowest BCUT2D eigenvalue weighted by atomic mass is 9.89. The molecule has 1 spiro atoms. The molecule has 2 N–H and O–H groups in total. The zero-order valence-corrected chi connectivity index (χ0v) is 10.3. The number of phenolic OH excluding ortho intramolecular Hbond substituents is 1. The normalized spacial score (nSPS) is 31.9. The molecular formula is C12H12O5S. The van der Waals surface area contributed by atoms with E-state index in [9.17, 15) is 18.3 Å². The van der Waals surface area contributed by atoms with Crippen LogP contribution in [0.2, 0.25) is 0 Å². The van der Waals surface area contributed by atoms with E-state index in [-0.39, 0.29) is 16.4 Å². The number of hydrogen-bond acceptors (Lipinski definition) is 4. The molecule has 3 rings (SSSR count). The van der Waals surface area contributed by atoms with Gasteiger partial charge in [0.2, 0.25) is 0 Å². The minimum absolute atomic E-state index is 0.0193. The second-order valence-corrected chi connectivity index (χ2v) is 7.08. The summed E-state index contributed by atoms with van der Waals surface area (Å²) in [5.41, 5.74) is -0.119. The maximum absolute atomic E-state index is 11.9. The first-order valence-corrected chi connectivity index (χ1v) is 7.31. The fourth-order valence-electron chi connectivity index (χ4n) is 2.94. The SMILES string of the molecule is O=C(O)C1CC12CCS(=O)(=O)c1ccc(O)cc12. The lowest BCUT2D eigenvalue weighted by Gasteiger charge is -2.26. The van der Waals surface area contributed by atoms with Gasteiger partial charge in [-0.25, -0.2) is 8.42 Å². The molecule has 0 amide bonds. The number of sulfone groups is 1. The van der Waals surface area contributed by atoms with Crippen molar-refractivity contribution in [3.63, 3.8) is 0 Å². The van der Waals surface area contributed by atoms with Crippen LogP contribution in [0.15, 0.2) is 23.1 Å². The second kappa shape index (κ2) is 3.26. The van der Waals surface area contributed by atoms with Gasteiger partial charge in [0.15, 0.2) is 9.84 Å². The van der Waals surface area contributed by atoms with Crippen LogP contribution in [0.1, 0.15) is 18.4 Å². The number of phenols is 1. The van der Waals surface area contributed by atoms with Crippen LogP contribution in [0.3, 0.4) is 0 Å². The van der Waals surface area contributed by atoms with Crippen LogP contribution in [0, 0.1) is 5.92 Å². The standard InChI is InChI=1S/C12H12O5S/c13-7-1-2-10-8(5-7)12(3-4-18(10,16)17)6-9(12)11(14)15/h1-2,5,9,13H,3-4,6H2,(H,14,15). The molecule has 0 saturated heterocycles. The van der Waals surface area contributed by atoms with Gasteiger partial charge in [0.05, 0.1) is 16.6 Å². The third-order valence-electron chi connectivity index (χ3n) is 4.02. The molecule has 0 bridgehead atoms. The fourth-order valence-corrected chi connectivity index (χ4v) is 4.67. The van der Waals surface area contributed by atoms with E-state index in [1.54, 1.807) is 0 Å². The monoisotopic (exact) mass is 268 g/mol. The van der Waals surface area contributed by atoms with E-state index in [4.69, 9.17) is 5.11 Å². The van der Waals surface area contributed by atoms with E-state index in [2.05, 4.69) is 0 Å². The van der Waals surface area contributed by atoms with Crippen molar-refractivity contribution in [2.45, 2.75) is 23.2 Å². The zero-order chi connectivity index (χ0) is 13.1. The molecule has 18 heavy (non-hydrogen) atoms. The van der Waals surface area contributed by atoms with E-state index in [0.717, 1.165) is 0 Å². The molecule has 96 valence electrons. The summed E-state index contributed by atoms with van der Waals surface area (Å²) in [6, 6.07) is 4.10. The smallest absolute Gasteiger partial charge is 0.307 e. The van der Waals surface area contributed by atoms with Gasteiger partial charge in [0.1, 0.15) is 5.75 Å². The Morgan fingerprint density at radius 1 is 1.39 bits per heavy atom. The van der Waals surface area contributed by atoms with Gasteiger partial charge in [-0.3, -0.25) is 4.79 Å². The highest BCUT2D eigenvalue weighted by Crippen LogP contribution is 2.60. The number of carbonyl (C=O) groups is 1. The predicted octanol–water partition coefficient (Wildman–Crippen LogP) is 0.912. The molecule has 1 fully saturated rings. The van der Waals surface area contributed by atoms with E-state index in [1.165, 1.54) is 18.2 Å². The van der Waals surface area contributed by atoms with Gasteiger partial charge in [-0.05, 0) is 36.6 Å². The number of aliphatic carboxylic acids is 1. The molecule has 1 heterocycles. The second-order valence-electron chi connectivity index (χ2n) is 5.00. The Kier molecular flexibility index (Phi) is 2.09. The Labute approximate surface area is 104 Å². The Hall–Kier alpha value is -1.56. The molecule has 0 aromatic heterocycles. The van der Waals surface area contributed by atoms with Crippen LogP contribution >= 0.6 is 0 Å². The summed E-state index contributed by atoms with van der Waals surface area (Å²) in [7, 11) is -3.34. The molecule has 6 heteroatoms. The van der Waals surface area contributed by atoms with Gasteiger partial charge in [0.25, 0.3) is 0 Å². The molecular weight excluding hydrogens is 256 g/mol. The summed E-state index contributed by atoms with van der Waals surface area (Å²) < 4.78 is 23.9. The Morgan fingerprint density at radius 2 is 2.11 bits per heavy atom. The van der Waals surface area contributed by atoms with Crippen LogP contribution in [-0.4, -0.2) is 30.4 Å². The van der Waals surface area contributed by atoms with Crippen molar-refractivity contribution < 1.29 is 23.4 Å². The van der Waals surface area contributed by atoms with Crippen molar-refractivity contribution in [1.29, 1.82) is 0 Å². The topological polar surface area (TPSA) is 91.7 Å². The van der Waals surface area contributed by atoms with Crippen LogP contribution in [-0.2, 0) is 20.0 Å². The highest BCUT2D eigenvalue weighted by Gasteiger charge is 2.62. The van der Waals surface area contributed by atoms with E-state index in [1.807, 2.05) is 0 Å². The first kappa shape index (κ1) is 11.5.